The lowest BCUT2D eigenvalue weighted by atomic mass is 9.91. The molecule has 0 saturated carbocycles. The Morgan fingerprint density at radius 1 is 1.39 bits per heavy atom. The Bertz CT molecular complexity index is 672. The van der Waals surface area contributed by atoms with Crippen LogP contribution in [0.3, 0.4) is 0 Å². The molecule has 1 aromatic carbocycles. The zero-order chi connectivity index (χ0) is 17.2. The number of benzene rings is 1. The summed E-state index contributed by atoms with van der Waals surface area (Å²) in [5.41, 5.74) is -1.36. The van der Waals surface area contributed by atoms with Gasteiger partial charge in [0.05, 0.1) is 0 Å². The molecule has 2 N–H and O–H groups in total. The number of Topliss-reactive ketones (excluding diaryl/α,β-unsaturated/α-hetero) is 1. The van der Waals surface area contributed by atoms with E-state index in [2.05, 4.69) is 21.2 Å². The molecule has 1 amide bonds. The van der Waals surface area contributed by atoms with Crippen LogP contribution in [-0.2, 0) is 19.9 Å². The number of rotatable bonds is 5. The Balaban J connectivity index is 2.29. The predicted octanol–water partition coefficient (Wildman–Crippen LogP) is 3.83. The van der Waals surface area contributed by atoms with Crippen LogP contribution in [0.1, 0.15) is 25.3 Å². The zero-order valence-electron chi connectivity index (χ0n) is 12.2. The Hall–Kier alpha value is -1.24. The monoisotopic (exact) mass is 421 g/mol. The van der Waals surface area contributed by atoms with E-state index in [1.54, 1.807) is 18.2 Å². The number of alkyl halides is 1. The average molecular weight is 423 g/mol. The molecule has 1 aliphatic heterocycles. The molecule has 0 fully saturated rings. The number of hydrogen-bond donors (Lipinski definition) is 2. The van der Waals surface area contributed by atoms with Gasteiger partial charge in [-0.3, -0.25) is 14.9 Å². The molecule has 0 spiro atoms. The Labute approximate surface area is 151 Å². The second kappa shape index (κ2) is 7.11. The van der Waals surface area contributed by atoms with E-state index in [-0.39, 0.29) is 33.8 Å². The van der Waals surface area contributed by atoms with Gasteiger partial charge in [0.25, 0.3) is 5.78 Å². The third-order valence-electron chi connectivity index (χ3n) is 3.40. The minimum Gasteiger partial charge on any atom is -0.501 e. The van der Waals surface area contributed by atoms with Crippen molar-refractivity contribution in [2.45, 2.75) is 25.4 Å². The average Bonchev–Trinajstić information content (AvgIpc) is 2.70. The van der Waals surface area contributed by atoms with E-state index in [0.29, 0.717) is 11.8 Å². The highest BCUT2D eigenvalue weighted by Gasteiger charge is 2.50. The standard InChI is InChI=1S/C15H14BrCl2NO4/c1-15(11-8(17)4-2-5-9(11)18)13(22)12(21)14(23-15)19-10(20)6-3-7-16/h2,4-5,21H,3,6-7H2,1H3,(H,19,20). The van der Waals surface area contributed by atoms with E-state index in [1.165, 1.54) is 6.92 Å². The molecule has 2 rings (SSSR count). The van der Waals surface area contributed by atoms with Gasteiger partial charge >= 0.3 is 0 Å². The molecule has 1 heterocycles. The second-order valence-electron chi connectivity index (χ2n) is 5.08. The van der Waals surface area contributed by atoms with Gasteiger partial charge in [-0.05, 0) is 25.5 Å². The molecule has 0 radical (unpaired) electrons. The number of ether oxygens (including phenoxy) is 1. The summed E-state index contributed by atoms with van der Waals surface area (Å²) in [7, 11) is 0. The molecular formula is C15H14BrCl2NO4. The van der Waals surface area contributed by atoms with E-state index in [1.807, 2.05) is 0 Å². The van der Waals surface area contributed by atoms with Crippen molar-refractivity contribution >= 4 is 50.8 Å². The number of aliphatic hydroxyl groups excluding tert-OH is 1. The fourth-order valence-corrected chi connectivity index (χ4v) is 3.29. The fraction of sp³-hybridized carbons (Fsp3) is 0.333. The lowest BCUT2D eigenvalue weighted by Crippen LogP contribution is -2.33. The van der Waals surface area contributed by atoms with Crippen LogP contribution < -0.4 is 5.32 Å². The van der Waals surface area contributed by atoms with Crippen LogP contribution in [-0.4, -0.2) is 22.1 Å². The number of aliphatic hydroxyl groups is 1. The third kappa shape index (κ3) is 3.49. The molecule has 0 aromatic heterocycles. The van der Waals surface area contributed by atoms with Gasteiger partial charge in [-0.1, -0.05) is 45.2 Å². The summed E-state index contributed by atoms with van der Waals surface area (Å²) < 4.78 is 5.54. The van der Waals surface area contributed by atoms with Crippen LogP contribution in [0.4, 0.5) is 0 Å². The van der Waals surface area contributed by atoms with Gasteiger partial charge in [-0.2, -0.15) is 0 Å². The number of carbonyl (C=O) groups is 2. The first-order chi connectivity index (χ1) is 10.8. The van der Waals surface area contributed by atoms with Gasteiger partial charge in [0.1, 0.15) is 0 Å². The first-order valence-electron chi connectivity index (χ1n) is 6.78. The van der Waals surface area contributed by atoms with Gasteiger partial charge in [0.15, 0.2) is 0 Å². The number of nitrogens with one attached hydrogen (secondary N) is 1. The van der Waals surface area contributed by atoms with Crippen molar-refractivity contribution < 1.29 is 19.4 Å². The van der Waals surface area contributed by atoms with Crippen LogP contribution in [0, 0.1) is 0 Å². The maximum absolute atomic E-state index is 12.4. The van der Waals surface area contributed by atoms with Crippen molar-refractivity contribution in [2.24, 2.45) is 0 Å². The molecule has 23 heavy (non-hydrogen) atoms. The summed E-state index contributed by atoms with van der Waals surface area (Å²) >= 11 is 15.5. The smallest absolute Gasteiger partial charge is 0.250 e. The molecule has 1 atom stereocenters. The summed E-state index contributed by atoms with van der Waals surface area (Å²) in [6, 6.07) is 4.76. The maximum Gasteiger partial charge on any atom is 0.250 e. The lowest BCUT2D eigenvalue weighted by Gasteiger charge is -2.25. The van der Waals surface area contributed by atoms with Crippen molar-refractivity contribution in [3.8, 4) is 0 Å². The van der Waals surface area contributed by atoms with Gasteiger partial charge in [0.2, 0.25) is 23.2 Å². The van der Waals surface area contributed by atoms with Crippen LogP contribution in [0.2, 0.25) is 10.0 Å². The van der Waals surface area contributed by atoms with Gasteiger partial charge < -0.3 is 9.84 Å². The fourth-order valence-electron chi connectivity index (χ4n) is 2.25. The lowest BCUT2D eigenvalue weighted by molar-refractivity contribution is -0.133. The number of carbonyl (C=O) groups excluding carboxylic acids is 2. The van der Waals surface area contributed by atoms with Crippen molar-refractivity contribution in [3.63, 3.8) is 0 Å². The van der Waals surface area contributed by atoms with E-state index >= 15 is 0 Å². The summed E-state index contributed by atoms with van der Waals surface area (Å²) in [4.78, 5) is 24.2. The molecule has 124 valence electrons. The second-order valence-corrected chi connectivity index (χ2v) is 6.69. The van der Waals surface area contributed by atoms with Crippen molar-refractivity contribution in [2.75, 3.05) is 5.33 Å². The molecule has 1 unspecified atom stereocenters. The first-order valence-corrected chi connectivity index (χ1v) is 8.66. The molecule has 1 aliphatic rings. The van der Waals surface area contributed by atoms with Crippen LogP contribution >= 0.6 is 39.1 Å². The normalized spacial score (nSPS) is 20.6. The third-order valence-corrected chi connectivity index (χ3v) is 4.59. The highest BCUT2D eigenvalue weighted by Crippen LogP contribution is 2.43. The van der Waals surface area contributed by atoms with Crippen LogP contribution in [0.15, 0.2) is 29.8 Å². The highest BCUT2D eigenvalue weighted by atomic mass is 79.9. The molecule has 1 aromatic rings. The molecule has 0 bridgehead atoms. The largest absolute Gasteiger partial charge is 0.501 e. The van der Waals surface area contributed by atoms with Gasteiger partial charge in [-0.15, -0.1) is 0 Å². The van der Waals surface area contributed by atoms with E-state index in [0.717, 1.165) is 0 Å². The van der Waals surface area contributed by atoms with E-state index < -0.39 is 17.1 Å². The molecule has 8 heteroatoms. The molecule has 0 aliphatic carbocycles. The number of amides is 1. The van der Waals surface area contributed by atoms with E-state index in [4.69, 9.17) is 27.9 Å². The minimum atomic E-state index is -1.60. The van der Waals surface area contributed by atoms with E-state index in [9.17, 15) is 14.7 Å². The summed E-state index contributed by atoms with van der Waals surface area (Å²) in [5, 5.41) is 13.5. The van der Waals surface area contributed by atoms with Crippen LogP contribution in [0.25, 0.3) is 0 Å². The Morgan fingerprint density at radius 3 is 2.57 bits per heavy atom. The Morgan fingerprint density at radius 2 is 2.00 bits per heavy atom. The van der Waals surface area contributed by atoms with Gasteiger partial charge in [0, 0.05) is 27.4 Å². The highest BCUT2D eigenvalue weighted by molar-refractivity contribution is 9.09. The maximum atomic E-state index is 12.4. The van der Waals surface area contributed by atoms with Crippen molar-refractivity contribution in [1.82, 2.24) is 5.32 Å². The minimum absolute atomic E-state index is 0.225. The number of ketones is 1. The Kier molecular flexibility index (Phi) is 5.60. The summed E-state index contributed by atoms with van der Waals surface area (Å²) in [6.45, 7) is 1.44. The number of hydrogen-bond acceptors (Lipinski definition) is 4. The molecular weight excluding hydrogens is 409 g/mol. The molecule has 5 nitrogen and oxygen atoms in total. The van der Waals surface area contributed by atoms with Crippen molar-refractivity contribution in [1.29, 1.82) is 0 Å². The zero-order valence-corrected chi connectivity index (χ0v) is 15.3. The quantitative estimate of drug-likeness (QED) is 0.707. The summed E-state index contributed by atoms with van der Waals surface area (Å²) in [5.74, 6) is -2.03. The van der Waals surface area contributed by atoms with Crippen molar-refractivity contribution in [3.05, 3.63) is 45.5 Å². The molecule has 0 saturated heterocycles. The topological polar surface area (TPSA) is 75.6 Å². The number of halogens is 3. The van der Waals surface area contributed by atoms with Gasteiger partial charge in [-0.25, -0.2) is 0 Å². The van der Waals surface area contributed by atoms with Crippen LogP contribution in [0.5, 0.6) is 0 Å². The SMILES string of the molecule is CC1(c2c(Cl)cccc2Cl)OC(NC(=O)CCCBr)=C(O)C1=O. The summed E-state index contributed by atoms with van der Waals surface area (Å²) in [6.07, 6.45) is 0.838. The first kappa shape index (κ1) is 18.1. The predicted molar refractivity (Wildman–Crippen MR) is 90.7 cm³/mol.